The number of nitrogens with zero attached hydrogens (tertiary/aromatic N) is 2. The maximum absolute atomic E-state index is 13.7. The highest BCUT2D eigenvalue weighted by Gasteiger charge is 2.37. The molecule has 1 fully saturated rings. The van der Waals surface area contributed by atoms with Gasteiger partial charge in [0.2, 0.25) is 0 Å². The molecular formula is C31H35N4O2+. The predicted octanol–water partition coefficient (Wildman–Crippen LogP) is 5.37. The normalized spacial score (nSPS) is 15.6. The molecule has 37 heavy (non-hydrogen) atoms. The number of rotatable bonds is 8. The van der Waals surface area contributed by atoms with Gasteiger partial charge in [0.15, 0.2) is 0 Å². The molecule has 190 valence electrons. The van der Waals surface area contributed by atoms with E-state index >= 15 is 0 Å². The molecule has 2 heterocycles. The van der Waals surface area contributed by atoms with E-state index in [1.807, 2.05) is 66.9 Å². The molecule has 6 nitrogen and oxygen atoms in total. The Kier molecular flexibility index (Phi) is 7.19. The Morgan fingerprint density at radius 2 is 1.59 bits per heavy atom. The van der Waals surface area contributed by atoms with Crippen molar-refractivity contribution in [1.29, 1.82) is 0 Å². The molecule has 2 N–H and O–H groups in total. The number of aromatic nitrogens is 1. The minimum atomic E-state index is -0.607. The Hall–Kier alpha value is -3.77. The van der Waals surface area contributed by atoms with Crippen LogP contribution in [0.25, 0.3) is 21.7 Å². The average Bonchev–Trinajstić information content (AvgIpc) is 3.35. The molecule has 5 rings (SSSR count). The number of hydrogen-bond acceptors (Lipinski definition) is 3. The first-order valence-electron chi connectivity index (χ1n) is 13.2. The van der Waals surface area contributed by atoms with Crippen LogP contribution in [0.5, 0.6) is 0 Å². The highest BCUT2D eigenvalue weighted by atomic mass is 16.2. The highest BCUT2D eigenvalue weighted by Crippen LogP contribution is 2.23. The molecule has 0 aliphatic carbocycles. The summed E-state index contributed by atoms with van der Waals surface area (Å²) in [5.74, 6) is -0.0962. The first-order valence-corrected chi connectivity index (χ1v) is 13.2. The summed E-state index contributed by atoms with van der Waals surface area (Å²) >= 11 is 0. The summed E-state index contributed by atoms with van der Waals surface area (Å²) in [5, 5.41) is 6.22. The van der Waals surface area contributed by atoms with Crippen LogP contribution < -0.4 is 10.7 Å². The summed E-state index contributed by atoms with van der Waals surface area (Å²) in [6.07, 6.45) is 4.60. The number of benzene rings is 3. The SMILES string of the molecule is CC(C)C[C@H](NC(=O)c1ccc2ccccc2c1)C(=O)N[N+]1(Cc2cnc3ccccc3c2)CCCC1. The number of carbonyl (C=O) groups is 2. The van der Waals surface area contributed by atoms with Crippen LogP contribution in [0.2, 0.25) is 0 Å². The standard InChI is InChI=1S/C31H34N4O2/c1-22(2)17-29(33-30(36)27-14-13-24-9-3-4-10-25(24)19-27)31(37)34-35(15-7-8-16-35)21-23-18-26-11-5-6-12-28(26)32-20-23/h3-6,9-14,18-20,22,29H,7-8,15-17,21H2,1-2H3,(H-,33,34,36,37)/p+1/t29-/m0/s1. The quantitative estimate of drug-likeness (QED) is 0.323. The van der Waals surface area contributed by atoms with Gasteiger partial charge in [0.05, 0.1) is 5.52 Å². The van der Waals surface area contributed by atoms with Crippen LogP contribution in [0.15, 0.2) is 79.0 Å². The monoisotopic (exact) mass is 495 g/mol. The minimum absolute atomic E-state index is 0.126. The maximum atomic E-state index is 13.7. The third-order valence-electron chi connectivity index (χ3n) is 7.24. The third kappa shape index (κ3) is 5.81. The van der Waals surface area contributed by atoms with Gasteiger partial charge in [0, 0.05) is 35.6 Å². The van der Waals surface area contributed by atoms with Crippen LogP contribution in [0.1, 0.15) is 49.0 Å². The van der Waals surface area contributed by atoms with Crippen molar-refractivity contribution in [3.8, 4) is 0 Å². The molecule has 3 aromatic carbocycles. The van der Waals surface area contributed by atoms with Crippen LogP contribution in [-0.4, -0.2) is 40.5 Å². The molecule has 0 bridgehead atoms. The highest BCUT2D eigenvalue weighted by molar-refractivity contribution is 6.00. The van der Waals surface area contributed by atoms with E-state index in [1.54, 1.807) is 0 Å². The van der Waals surface area contributed by atoms with Crippen LogP contribution >= 0.6 is 0 Å². The van der Waals surface area contributed by atoms with Crippen LogP contribution in [-0.2, 0) is 11.3 Å². The zero-order valence-electron chi connectivity index (χ0n) is 21.6. The van der Waals surface area contributed by atoms with E-state index < -0.39 is 6.04 Å². The van der Waals surface area contributed by atoms with E-state index in [2.05, 4.69) is 41.7 Å². The van der Waals surface area contributed by atoms with Crippen molar-refractivity contribution in [3.05, 3.63) is 90.1 Å². The van der Waals surface area contributed by atoms with E-state index in [4.69, 9.17) is 0 Å². The summed E-state index contributed by atoms with van der Waals surface area (Å²) in [6, 6.07) is 23.3. The second-order valence-electron chi connectivity index (χ2n) is 10.7. The van der Waals surface area contributed by atoms with Gasteiger partial charge in [-0.15, -0.1) is 0 Å². The number of fused-ring (bicyclic) bond motifs is 2. The molecule has 6 heteroatoms. The Bertz CT molecular complexity index is 1430. The largest absolute Gasteiger partial charge is 0.340 e. The molecule has 4 aromatic rings. The Morgan fingerprint density at radius 1 is 0.892 bits per heavy atom. The van der Waals surface area contributed by atoms with E-state index in [0.717, 1.165) is 53.2 Å². The van der Waals surface area contributed by atoms with Gasteiger partial charge in [-0.25, -0.2) is 4.59 Å². The first kappa shape index (κ1) is 24.9. The number of carbonyl (C=O) groups excluding carboxylic acids is 2. The number of pyridine rings is 1. The fraction of sp³-hybridized carbons (Fsp3) is 0.323. The summed E-state index contributed by atoms with van der Waals surface area (Å²) < 4.78 is 0.485. The molecule has 1 aromatic heterocycles. The van der Waals surface area contributed by atoms with E-state index in [0.29, 0.717) is 23.1 Å². The van der Waals surface area contributed by atoms with Gasteiger partial charge in [-0.2, -0.15) is 5.43 Å². The molecule has 1 saturated heterocycles. The second kappa shape index (κ2) is 10.7. The van der Waals surface area contributed by atoms with Gasteiger partial charge in [-0.1, -0.05) is 62.4 Å². The van der Waals surface area contributed by atoms with Crippen molar-refractivity contribution in [2.45, 2.75) is 45.7 Å². The zero-order chi connectivity index (χ0) is 25.8. The summed E-state index contributed by atoms with van der Waals surface area (Å²) in [4.78, 5) is 31.5. The molecule has 0 saturated carbocycles. The maximum Gasteiger partial charge on any atom is 0.287 e. The average molecular weight is 496 g/mol. The molecule has 1 aliphatic rings. The van der Waals surface area contributed by atoms with Crippen molar-refractivity contribution in [2.24, 2.45) is 5.92 Å². The summed E-state index contributed by atoms with van der Waals surface area (Å²) in [7, 11) is 0. The van der Waals surface area contributed by atoms with Crippen LogP contribution in [0.3, 0.4) is 0 Å². The molecule has 0 radical (unpaired) electrons. The van der Waals surface area contributed by atoms with E-state index in [-0.39, 0.29) is 17.7 Å². The van der Waals surface area contributed by atoms with Crippen molar-refractivity contribution in [3.63, 3.8) is 0 Å². The number of amides is 2. The third-order valence-corrected chi connectivity index (χ3v) is 7.24. The van der Waals surface area contributed by atoms with Crippen LogP contribution in [0.4, 0.5) is 0 Å². The smallest absolute Gasteiger partial charge is 0.287 e. The molecule has 0 unspecified atom stereocenters. The number of nitrogens with one attached hydrogen (secondary N) is 2. The van der Waals surface area contributed by atoms with E-state index in [9.17, 15) is 9.59 Å². The number of para-hydroxylation sites is 1. The van der Waals surface area contributed by atoms with Crippen molar-refractivity contribution >= 4 is 33.5 Å². The Labute approximate surface area is 218 Å². The molecule has 0 spiro atoms. The molecule has 1 atom stereocenters. The fourth-order valence-corrected chi connectivity index (χ4v) is 5.39. The summed E-state index contributed by atoms with van der Waals surface area (Å²) in [5.41, 5.74) is 5.97. The van der Waals surface area contributed by atoms with Crippen molar-refractivity contribution in [1.82, 2.24) is 15.7 Å². The lowest BCUT2D eigenvalue weighted by Gasteiger charge is -2.35. The van der Waals surface area contributed by atoms with Gasteiger partial charge in [0.1, 0.15) is 25.7 Å². The topological polar surface area (TPSA) is 71.1 Å². The second-order valence-corrected chi connectivity index (χ2v) is 10.7. The van der Waals surface area contributed by atoms with Gasteiger partial charge in [0.25, 0.3) is 11.8 Å². The molecular weight excluding hydrogens is 460 g/mol. The lowest BCUT2D eigenvalue weighted by atomic mass is 10.0. The number of hydrogen-bond donors (Lipinski definition) is 2. The number of likely N-dealkylation sites (tertiary alicyclic amines) is 1. The molecule has 1 aliphatic heterocycles. The van der Waals surface area contributed by atoms with Gasteiger partial charge in [-0.05, 0) is 47.4 Å². The minimum Gasteiger partial charge on any atom is -0.340 e. The van der Waals surface area contributed by atoms with Gasteiger partial charge in [-0.3, -0.25) is 14.6 Å². The Morgan fingerprint density at radius 3 is 2.35 bits per heavy atom. The molecule has 2 amide bonds. The lowest BCUT2D eigenvalue weighted by Crippen LogP contribution is -2.62. The fourth-order valence-electron chi connectivity index (χ4n) is 5.39. The number of quaternary nitrogens is 1. The first-order chi connectivity index (χ1) is 17.9. The summed E-state index contributed by atoms with van der Waals surface area (Å²) in [6.45, 7) is 6.56. The Balaban J connectivity index is 1.34. The van der Waals surface area contributed by atoms with Crippen LogP contribution in [0, 0.1) is 5.92 Å². The predicted molar refractivity (Wildman–Crippen MR) is 147 cm³/mol. The van der Waals surface area contributed by atoms with Crippen molar-refractivity contribution < 1.29 is 14.2 Å². The van der Waals surface area contributed by atoms with E-state index in [1.165, 1.54) is 0 Å². The van der Waals surface area contributed by atoms with Gasteiger partial charge >= 0.3 is 0 Å². The van der Waals surface area contributed by atoms with Gasteiger partial charge < -0.3 is 5.32 Å². The van der Waals surface area contributed by atoms with Crippen molar-refractivity contribution in [2.75, 3.05) is 13.1 Å². The lowest BCUT2D eigenvalue weighted by molar-refractivity contribution is -0.963. The zero-order valence-corrected chi connectivity index (χ0v) is 21.6.